The average Bonchev–Trinajstić information content (AvgIpc) is 2.58. The third-order valence-electron chi connectivity index (χ3n) is 2.75. The molecule has 1 aromatic heterocycles. The number of aromatic nitrogens is 2. The molecule has 5 heteroatoms. The maximum atomic E-state index is 6.14. The van der Waals surface area contributed by atoms with E-state index in [0.29, 0.717) is 18.2 Å². The standard InChI is InChI=1S/C13H16ClN3O/c1-9-13(14)12(17(2)16-9)8-18-7-10-3-5-11(15)6-4-10/h3-6H,7-8,15H2,1-2H3. The zero-order chi connectivity index (χ0) is 13.1. The molecule has 0 unspecified atom stereocenters. The van der Waals surface area contributed by atoms with Crippen molar-refractivity contribution in [2.45, 2.75) is 20.1 Å². The molecule has 4 nitrogen and oxygen atoms in total. The molecule has 0 saturated heterocycles. The van der Waals surface area contributed by atoms with Gasteiger partial charge in [0, 0.05) is 12.7 Å². The monoisotopic (exact) mass is 265 g/mol. The van der Waals surface area contributed by atoms with Gasteiger partial charge in [-0.15, -0.1) is 0 Å². The van der Waals surface area contributed by atoms with E-state index in [9.17, 15) is 0 Å². The van der Waals surface area contributed by atoms with Gasteiger partial charge in [-0.2, -0.15) is 5.10 Å². The molecule has 0 radical (unpaired) electrons. The summed E-state index contributed by atoms with van der Waals surface area (Å²) in [6.07, 6.45) is 0. The highest BCUT2D eigenvalue weighted by molar-refractivity contribution is 6.31. The second-order valence-corrected chi connectivity index (χ2v) is 4.58. The van der Waals surface area contributed by atoms with E-state index in [1.54, 1.807) is 4.68 Å². The topological polar surface area (TPSA) is 53.1 Å². The molecule has 0 aliphatic heterocycles. The molecular formula is C13H16ClN3O. The first-order chi connectivity index (χ1) is 8.58. The molecular weight excluding hydrogens is 250 g/mol. The summed E-state index contributed by atoms with van der Waals surface area (Å²) in [4.78, 5) is 0. The molecule has 1 heterocycles. The van der Waals surface area contributed by atoms with Crippen molar-refractivity contribution in [3.63, 3.8) is 0 Å². The quantitative estimate of drug-likeness (QED) is 0.865. The van der Waals surface area contributed by atoms with Gasteiger partial charge in [-0.05, 0) is 24.6 Å². The summed E-state index contributed by atoms with van der Waals surface area (Å²) in [6.45, 7) is 2.85. The van der Waals surface area contributed by atoms with E-state index in [4.69, 9.17) is 22.1 Å². The minimum absolute atomic E-state index is 0.445. The second-order valence-electron chi connectivity index (χ2n) is 4.20. The van der Waals surface area contributed by atoms with Crippen molar-refractivity contribution < 1.29 is 4.74 Å². The number of rotatable bonds is 4. The maximum absolute atomic E-state index is 6.14. The van der Waals surface area contributed by atoms with Gasteiger partial charge in [0.25, 0.3) is 0 Å². The Labute approximate surface area is 111 Å². The number of benzene rings is 1. The lowest BCUT2D eigenvalue weighted by molar-refractivity contribution is 0.102. The molecule has 2 N–H and O–H groups in total. The van der Waals surface area contributed by atoms with Crippen LogP contribution >= 0.6 is 11.6 Å². The Morgan fingerprint density at radius 1 is 1.28 bits per heavy atom. The summed E-state index contributed by atoms with van der Waals surface area (Å²) >= 11 is 6.14. The van der Waals surface area contributed by atoms with E-state index in [-0.39, 0.29) is 0 Å². The van der Waals surface area contributed by atoms with Crippen molar-refractivity contribution in [2.75, 3.05) is 5.73 Å². The third kappa shape index (κ3) is 2.83. The number of anilines is 1. The van der Waals surface area contributed by atoms with Crippen LogP contribution in [0, 0.1) is 6.92 Å². The van der Waals surface area contributed by atoms with Gasteiger partial charge in [0.05, 0.1) is 29.6 Å². The lowest BCUT2D eigenvalue weighted by Crippen LogP contribution is -2.02. The van der Waals surface area contributed by atoms with Gasteiger partial charge in [0.2, 0.25) is 0 Å². The zero-order valence-electron chi connectivity index (χ0n) is 10.5. The van der Waals surface area contributed by atoms with Gasteiger partial charge < -0.3 is 10.5 Å². The van der Waals surface area contributed by atoms with Crippen molar-refractivity contribution in [3.05, 3.63) is 46.2 Å². The average molecular weight is 266 g/mol. The fourth-order valence-electron chi connectivity index (χ4n) is 1.72. The SMILES string of the molecule is Cc1nn(C)c(COCc2ccc(N)cc2)c1Cl. The lowest BCUT2D eigenvalue weighted by atomic mass is 10.2. The second kappa shape index (κ2) is 5.42. The number of nitrogens with zero attached hydrogens (tertiary/aromatic N) is 2. The first kappa shape index (κ1) is 12.9. The van der Waals surface area contributed by atoms with Crippen LogP contribution < -0.4 is 5.73 Å². The van der Waals surface area contributed by atoms with Crippen LogP contribution in [0.1, 0.15) is 17.0 Å². The van der Waals surface area contributed by atoms with Gasteiger partial charge in [-0.3, -0.25) is 4.68 Å². The van der Waals surface area contributed by atoms with Crippen molar-refractivity contribution in [1.29, 1.82) is 0 Å². The minimum atomic E-state index is 0.445. The van der Waals surface area contributed by atoms with Crippen LogP contribution in [0.25, 0.3) is 0 Å². The highest BCUT2D eigenvalue weighted by Crippen LogP contribution is 2.20. The molecule has 0 atom stereocenters. The van der Waals surface area contributed by atoms with Crippen molar-refractivity contribution in [1.82, 2.24) is 9.78 Å². The van der Waals surface area contributed by atoms with E-state index < -0.39 is 0 Å². The van der Waals surface area contributed by atoms with E-state index >= 15 is 0 Å². The number of hydrogen-bond donors (Lipinski definition) is 1. The molecule has 96 valence electrons. The third-order valence-corrected chi connectivity index (χ3v) is 3.24. The fourth-order valence-corrected chi connectivity index (χ4v) is 1.93. The van der Waals surface area contributed by atoms with E-state index in [2.05, 4.69) is 5.10 Å². The van der Waals surface area contributed by atoms with Crippen molar-refractivity contribution >= 4 is 17.3 Å². The number of nitrogen functional groups attached to an aromatic ring is 1. The summed E-state index contributed by atoms with van der Waals surface area (Å²) in [7, 11) is 1.86. The Hall–Kier alpha value is -1.52. The molecule has 2 rings (SSSR count). The first-order valence-corrected chi connectivity index (χ1v) is 6.06. The molecule has 0 aliphatic carbocycles. The van der Waals surface area contributed by atoms with Gasteiger partial charge in [-0.25, -0.2) is 0 Å². The Bertz CT molecular complexity index is 534. The number of nitrogens with two attached hydrogens (primary N) is 1. The normalized spacial score (nSPS) is 10.8. The highest BCUT2D eigenvalue weighted by Gasteiger charge is 2.10. The Kier molecular flexibility index (Phi) is 3.89. The Morgan fingerprint density at radius 3 is 2.50 bits per heavy atom. The van der Waals surface area contributed by atoms with Crippen molar-refractivity contribution in [3.8, 4) is 0 Å². The first-order valence-electron chi connectivity index (χ1n) is 5.68. The number of ether oxygens (including phenoxy) is 1. The highest BCUT2D eigenvalue weighted by atomic mass is 35.5. The molecule has 0 spiro atoms. The maximum Gasteiger partial charge on any atom is 0.0904 e. The van der Waals surface area contributed by atoms with Crippen LogP contribution in [0.5, 0.6) is 0 Å². The summed E-state index contributed by atoms with van der Waals surface area (Å²) in [6, 6.07) is 7.62. The van der Waals surface area contributed by atoms with Crippen LogP contribution in [0.2, 0.25) is 5.02 Å². The molecule has 0 aliphatic rings. The summed E-state index contributed by atoms with van der Waals surface area (Å²) in [5, 5.41) is 4.91. The van der Waals surface area contributed by atoms with Crippen LogP contribution in [-0.4, -0.2) is 9.78 Å². The van der Waals surface area contributed by atoms with Crippen LogP contribution in [0.3, 0.4) is 0 Å². The number of halogens is 1. The lowest BCUT2D eigenvalue weighted by Gasteiger charge is -2.06. The predicted molar refractivity (Wildman–Crippen MR) is 72.3 cm³/mol. The predicted octanol–water partition coefficient (Wildman–Crippen LogP) is 2.68. The van der Waals surface area contributed by atoms with E-state index in [0.717, 1.165) is 22.6 Å². The van der Waals surface area contributed by atoms with Crippen LogP contribution in [0.15, 0.2) is 24.3 Å². The van der Waals surface area contributed by atoms with Crippen molar-refractivity contribution in [2.24, 2.45) is 7.05 Å². The molecule has 0 saturated carbocycles. The summed E-state index contributed by atoms with van der Waals surface area (Å²) in [5.41, 5.74) is 9.17. The molecule has 18 heavy (non-hydrogen) atoms. The Morgan fingerprint density at radius 2 is 1.94 bits per heavy atom. The molecule has 0 bridgehead atoms. The van der Waals surface area contributed by atoms with Gasteiger partial charge in [-0.1, -0.05) is 23.7 Å². The summed E-state index contributed by atoms with van der Waals surface area (Å²) < 4.78 is 7.39. The Balaban J connectivity index is 1.94. The zero-order valence-corrected chi connectivity index (χ0v) is 11.2. The number of hydrogen-bond acceptors (Lipinski definition) is 3. The van der Waals surface area contributed by atoms with Gasteiger partial charge >= 0.3 is 0 Å². The largest absolute Gasteiger partial charge is 0.399 e. The molecule has 0 amide bonds. The minimum Gasteiger partial charge on any atom is -0.399 e. The fraction of sp³-hybridized carbons (Fsp3) is 0.308. The van der Waals surface area contributed by atoms with Gasteiger partial charge in [0.1, 0.15) is 0 Å². The molecule has 0 fully saturated rings. The van der Waals surface area contributed by atoms with E-state index in [1.807, 2.05) is 38.2 Å². The molecule has 2 aromatic rings. The van der Waals surface area contributed by atoms with Gasteiger partial charge in [0.15, 0.2) is 0 Å². The molecule has 1 aromatic carbocycles. The number of aryl methyl sites for hydroxylation is 2. The van der Waals surface area contributed by atoms with E-state index in [1.165, 1.54) is 0 Å². The smallest absolute Gasteiger partial charge is 0.0904 e. The van der Waals surface area contributed by atoms with Crippen LogP contribution in [-0.2, 0) is 25.0 Å². The van der Waals surface area contributed by atoms with Crippen LogP contribution in [0.4, 0.5) is 5.69 Å². The summed E-state index contributed by atoms with van der Waals surface area (Å²) in [5.74, 6) is 0.